The summed E-state index contributed by atoms with van der Waals surface area (Å²) in [5.41, 5.74) is 3.17. The molecule has 31 heavy (non-hydrogen) atoms. The van der Waals surface area contributed by atoms with Crippen molar-refractivity contribution in [2.75, 3.05) is 6.54 Å². The summed E-state index contributed by atoms with van der Waals surface area (Å²) in [6.07, 6.45) is -1.91. The number of aromatic nitrogens is 1. The second-order valence-electron chi connectivity index (χ2n) is 7.72. The first-order valence-electron chi connectivity index (χ1n) is 9.92. The maximum Gasteiger partial charge on any atom is 0.416 e. The molecule has 2 aromatic carbocycles. The average Bonchev–Trinajstić information content (AvgIpc) is 2.76. The molecule has 4 rings (SSSR count). The molecule has 0 spiro atoms. The van der Waals surface area contributed by atoms with Gasteiger partial charge in [-0.1, -0.05) is 24.3 Å². The molecule has 1 aliphatic heterocycles. The molecule has 0 atom stereocenters. The third-order valence-electron chi connectivity index (χ3n) is 5.54. The molecule has 0 fully saturated rings. The topological polar surface area (TPSA) is 49.0 Å². The van der Waals surface area contributed by atoms with Crippen molar-refractivity contribution in [3.8, 4) is 6.07 Å². The van der Waals surface area contributed by atoms with Gasteiger partial charge < -0.3 is 4.57 Å². The lowest BCUT2D eigenvalue weighted by Gasteiger charge is -2.28. The van der Waals surface area contributed by atoms with Crippen molar-refractivity contribution in [2.45, 2.75) is 32.2 Å². The van der Waals surface area contributed by atoms with Gasteiger partial charge >= 0.3 is 6.18 Å². The molecule has 0 saturated carbocycles. The highest BCUT2D eigenvalue weighted by atomic mass is 19.4. The summed E-state index contributed by atoms with van der Waals surface area (Å²) in [5, 5.41) is 9.08. The SMILES string of the molecule is N#Cc1cccc(CN2CCc3ccn(Cc4ccc(C(F)(F)F)cc4)c(=O)c3C2)c1. The van der Waals surface area contributed by atoms with E-state index in [9.17, 15) is 18.0 Å². The van der Waals surface area contributed by atoms with E-state index in [1.54, 1.807) is 16.8 Å². The zero-order valence-electron chi connectivity index (χ0n) is 16.7. The predicted octanol–water partition coefficient (Wildman–Crippen LogP) is 4.35. The van der Waals surface area contributed by atoms with Gasteiger partial charge in [-0.05, 0) is 53.4 Å². The van der Waals surface area contributed by atoms with E-state index in [-0.39, 0.29) is 12.1 Å². The first-order valence-corrected chi connectivity index (χ1v) is 9.92. The number of halogens is 3. The number of benzene rings is 2. The first kappa shape index (κ1) is 20.9. The van der Waals surface area contributed by atoms with E-state index in [1.807, 2.05) is 24.3 Å². The largest absolute Gasteiger partial charge is 0.416 e. The molecule has 3 aromatic rings. The van der Waals surface area contributed by atoms with Gasteiger partial charge in [0, 0.05) is 31.4 Å². The van der Waals surface area contributed by atoms with Crippen molar-refractivity contribution >= 4 is 0 Å². The third-order valence-corrected chi connectivity index (χ3v) is 5.54. The summed E-state index contributed by atoms with van der Waals surface area (Å²) in [6.45, 7) is 2.17. The fourth-order valence-electron chi connectivity index (χ4n) is 3.90. The van der Waals surface area contributed by atoms with Crippen LogP contribution in [0.15, 0.2) is 65.6 Å². The lowest BCUT2D eigenvalue weighted by Crippen LogP contribution is -2.36. The fourth-order valence-corrected chi connectivity index (χ4v) is 3.90. The van der Waals surface area contributed by atoms with Gasteiger partial charge in [0.25, 0.3) is 5.56 Å². The minimum absolute atomic E-state index is 0.118. The van der Waals surface area contributed by atoms with E-state index < -0.39 is 11.7 Å². The Balaban J connectivity index is 1.52. The molecule has 0 amide bonds. The maximum absolute atomic E-state index is 13.1. The molecule has 0 radical (unpaired) electrons. The van der Waals surface area contributed by atoms with Crippen LogP contribution in [0.25, 0.3) is 0 Å². The minimum Gasteiger partial charge on any atom is -0.311 e. The van der Waals surface area contributed by atoms with Gasteiger partial charge in [-0.15, -0.1) is 0 Å². The smallest absolute Gasteiger partial charge is 0.311 e. The van der Waals surface area contributed by atoms with Gasteiger partial charge in [0.2, 0.25) is 0 Å². The molecule has 0 saturated heterocycles. The van der Waals surface area contributed by atoms with Crippen molar-refractivity contribution in [1.29, 1.82) is 5.26 Å². The quantitative estimate of drug-likeness (QED) is 0.627. The minimum atomic E-state index is -4.38. The van der Waals surface area contributed by atoms with Crippen molar-refractivity contribution in [2.24, 2.45) is 0 Å². The predicted molar refractivity (Wildman–Crippen MR) is 110 cm³/mol. The van der Waals surface area contributed by atoms with Crippen LogP contribution in [0.1, 0.15) is 33.4 Å². The van der Waals surface area contributed by atoms with Gasteiger partial charge in [0.05, 0.1) is 23.7 Å². The molecule has 1 aromatic heterocycles. The summed E-state index contributed by atoms with van der Waals surface area (Å²) in [4.78, 5) is 15.2. The van der Waals surface area contributed by atoms with E-state index in [4.69, 9.17) is 5.26 Å². The Bertz CT molecular complexity index is 1190. The first-order chi connectivity index (χ1) is 14.8. The van der Waals surface area contributed by atoms with Crippen LogP contribution in [-0.2, 0) is 32.2 Å². The molecular weight excluding hydrogens is 403 g/mol. The van der Waals surface area contributed by atoms with E-state index in [1.165, 1.54) is 12.1 Å². The molecule has 1 aliphatic rings. The van der Waals surface area contributed by atoms with Crippen LogP contribution < -0.4 is 5.56 Å². The van der Waals surface area contributed by atoms with Crippen LogP contribution in [0.2, 0.25) is 0 Å². The Morgan fingerprint density at radius 2 is 1.77 bits per heavy atom. The Morgan fingerprint density at radius 3 is 2.48 bits per heavy atom. The number of hydrogen-bond donors (Lipinski definition) is 0. The number of fused-ring (bicyclic) bond motifs is 1. The zero-order chi connectivity index (χ0) is 22.0. The van der Waals surface area contributed by atoms with Gasteiger partial charge in [0.15, 0.2) is 0 Å². The highest BCUT2D eigenvalue weighted by Gasteiger charge is 2.30. The lowest BCUT2D eigenvalue weighted by atomic mass is 10.0. The molecule has 0 aliphatic carbocycles. The molecule has 2 heterocycles. The molecule has 4 nitrogen and oxygen atoms in total. The van der Waals surface area contributed by atoms with Crippen molar-refractivity contribution in [3.63, 3.8) is 0 Å². The monoisotopic (exact) mass is 423 g/mol. The number of nitriles is 1. The van der Waals surface area contributed by atoms with Gasteiger partial charge in [0.1, 0.15) is 0 Å². The summed E-state index contributed by atoms with van der Waals surface area (Å²) < 4.78 is 39.8. The van der Waals surface area contributed by atoms with Crippen molar-refractivity contribution in [3.05, 3.63) is 105 Å². The van der Waals surface area contributed by atoms with Crippen molar-refractivity contribution < 1.29 is 13.2 Å². The van der Waals surface area contributed by atoms with Gasteiger partial charge in [-0.25, -0.2) is 0 Å². The van der Waals surface area contributed by atoms with Crippen LogP contribution in [0.4, 0.5) is 13.2 Å². The van der Waals surface area contributed by atoms with Crippen LogP contribution >= 0.6 is 0 Å². The molecule has 0 unspecified atom stereocenters. The summed E-state index contributed by atoms with van der Waals surface area (Å²) in [7, 11) is 0. The number of alkyl halides is 3. The standard InChI is InChI=1S/C24H20F3N3O/c25-24(26,27)21-6-4-17(5-7-21)15-30-11-9-20-8-10-29(16-22(20)23(30)31)14-19-3-1-2-18(12-19)13-28/h1-7,9,11-12H,8,10,14-16H2. The molecule has 0 bridgehead atoms. The zero-order valence-corrected chi connectivity index (χ0v) is 16.7. The summed E-state index contributed by atoms with van der Waals surface area (Å²) in [6, 6.07) is 16.4. The van der Waals surface area contributed by atoms with E-state index in [2.05, 4.69) is 11.0 Å². The Hall–Kier alpha value is -3.37. The maximum atomic E-state index is 13.1. The van der Waals surface area contributed by atoms with Crippen molar-refractivity contribution in [1.82, 2.24) is 9.47 Å². The number of pyridine rings is 1. The average molecular weight is 423 g/mol. The lowest BCUT2D eigenvalue weighted by molar-refractivity contribution is -0.137. The number of nitrogens with zero attached hydrogens (tertiary/aromatic N) is 3. The molecular formula is C24H20F3N3O. The third kappa shape index (κ3) is 4.70. The fraction of sp³-hybridized carbons (Fsp3) is 0.250. The normalized spacial score (nSPS) is 14.1. The van der Waals surface area contributed by atoms with Crippen LogP contribution in [0.5, 0.6) is 0 Å². The summed E-state index contributed by atoms with van der Waals surface area (Å²) >= 11 is 0. The molecule has 0 N–H and O–H groups in total. The Labute approximate surface area is 177 Å². The molecule has 7 heteroatoms. The van der Waals surface area contributed by atoms with Gasteiger partial charge in [-0.2, -0.15) is 18.4 Å². The second-order valence-corrected chi connectivity index (χ2v) is 7.72. The van der Waals surface area contributed by atoms with Crippen LogP contribution in [0.3, 0.4) is 0 Å². The molecule has 158 valence electrons. The Kier molecular flexibility index (Phi) is 5.66. The number of rotatable bonds is 4. The van der Waals surface area contributed by atoms with Crippen LogP contribution in [0, 0.1) is 11.3 Å². The second kappa shape index (κ2) is 8.40. The van der Waals surface area contributed by atoms with E-state index in [0.29, 0.717) is 24.2 Å². The Morgan fingerprint density at radius 1 is 1.00 bits per heavy atom. The van der Waals surface area contributed by atoms with E-state index in [0.717, 1.165) is 41.8 Å². The van der Waals surface area contributed by atoms with E-state index >= 15 is 0 Å². The highest BCUT2D eigenvalue weighted by Crippen LogP contribution is 2.29. The number of hydrogen-bond acceptors (Lipinski definition) is 3. The van der Waals surface area contributed by atoms with Gasteiger partial charge in [-0.3, -0.25) is 9.69 Å². The highest BCUT2D eigenvalue weighted by molar-refractivity contribution is 5.33. The van der Waals surface area contributed by atoms with Crippen LogP contribution in [-0.4, -0.2) is 16.0 Å². The summed E-state index contributed by atoms with van der Waals surface area (Å²) in [5.74, 6) is 0.